The summed E-state index contributed by atoms with van der Waals surface area (Å²) in [7, 11) is 0. The van der Waals surface area contributed by atoms with Crippen LogP contribution in [0.15, 0.2) is 42.5 Å². The molecule has 0 saturated heterocycles. The third-order valence-corrected chi connectivity index (χ3v) is 4.03. The van der Waals surface area contributed by atoms with E-state index in [1.807, 2.05) is 18.2 Å². The molecule has 0 N–H and O–H groups in total. The standard InChI is InChI=1S/C17H14N2O/c1-11(20)19-15-8-4-6-13-10-9-12-5-2-3-7-14(12)17(18-19)16(13)15/h2-8H,9-10H2,1H3. The number of hydrogen-bond acceptors (Lipinski definition) is 2. The van der Waals surface area contributed by atoms with Crippen molar-refractivity contribution in [2.24, 2.45) is 0 Å². The molecule has 0 fully saturated rings. The first-order chi connectivity index (χ1) is 9.75. The molecule has 98 valence electrons. The van der Waals surface area contributed by atoms with Crippen LogP contribution in [-0.4, -0.2) is 15.7 Å². The minimum Gasteiger partial charge on any atom is -0.273 e. The van der Waals surface area contributed by atoms with E-state index in [2.05, 4.69) is 29.4 Å². The highest BCUT2D eigenvalue weighted by molar-refractivity contribution is 6.01. The highest BCUT2D eigenvalue weighted by atomic mass is 16.2. The monoisotopic (exact) mass is 262 g/mol. The van der Waals surface area contributed by atoms with E-state index >= 15 is 0 Å². The van der Waals surface area contributed by atoms with E-state index in [1.165, 1.54) is 15.8 Å². The van der Waals surface area contributed by atoms with Gasteiger partial charge in [0.25, 0.3) is 0 Å². The van der Waals surface area contributed by atoms with Gasteiger partial charge in [-0.3, -0.25) is 4.79 Å². The number of fused-ring (bicyclic) bond motifs is 2. The van der Waals surface area contributed by atoms with E-state index in [0.717, 1.165) is 35.0 Å². The Labute approximate surface area is 116 Å². The van der Waals surface area contributed by atoms with Gasteiger partial charge in [-0.25, -0.2) is 0 Å². The lowest BCUT2D eigenvalue weighted by Crippen LogP contribution is -2.07. The zero-order chi connectivity index (χ0) is 13.7. The lowest BCUT2D eigenvalue weighted by atomic mass is 10.0. The Morgan fingerprint density at radius 2 is 1.80 bits per heavy atom. The number of hydrogen-bond donors (Lipinski definition) is 0. The molecule has 3 aromatic rings. The molecule has 0 amide bonds. The van der Waals surface area contributed by atoms with Crippen LogP contribution in [0.25, 0.3) is 22.2 Å². The second-order valence-electron chi connectivity index (χ2n) is 5.25. The lowest BCUT2D eigenvalue weighted by Gasteiger charge is -2.04. The van der Waals surface area contributed by atoms with Crippen LogP contribution in [0.1, 0.15) is 22.8 Å². The Bertz CT molecular complexity index is 845. The molecule has 0 spiro atoms. The zero-order valence-electron chi connectivity index (χ0n) is 11.3. The summed E-state index contributed by atoms with van der Waals surface area (Å²) < 4.78 is 1.52. The average Bonchev–Trinajstić information content (AvgIpc) is 2.77. The molecule has 0 aliphatic heterocycles. The maximum absolute atomic E-state index is 11.8. The number of carbonyl (C=O) groups excluding carboxylic acids is 1. The van der Waals surface area contributed by atoms with Crippen LogP contribution < -0.4 is 0 Å². The van der Waals surface area contributed by atoms with Crippen molar-refractivity contribution in [2.45, 2.75) is 19.8 Å². The number of aromatic nitrogens is 2. The molecular weight excluding hydrogens is 248 g/mol. The molecule has 3 nitrogen and oxygen atoms in total. The smallest absolute Gasteiger partial charge is 0.244 e. The molecule has 1 aliphatic carbocycles. The molecule has 0 atom stereocenters. The van der Waals surface area contributed by atoms with Crippen molar-refractivity contribution in [1.82, 2.24) is 9.78 Å². The van der Waals surface area contributed by atoms with Crippen LogP contribution in [-0.2, 0) is 12.8 Å². The molecule has 20 heavy (non-hydrogen) atoms. The van der Waals surface area contributed by atoms with Gasteiger partial charge in [-0.15, -0.1) is 0 Å². The molecule has 1 aliphatic rings. The number of carbonyl (C=O) groups is 1. The fourth-order valence-electron chi connectivity index (χ4n) is 3.12. The summed E-state index contributed by atoms with van der Waals surface area (Å²) in [5, 5.41) is 5.72. The van der Waals surface area contributed by atoms with Crippen molar-refractivity contribution in [3.8, 4) is 11.3 Å². The first kappa shape index (κ1) is 11.4. The molecule has 1 aromatic heterocycles. The van der Waals surface area contributed by atoms with Crippen molar-refractivity contribution in [2.75, 3.05) is 0 Å². The third-order valence-electron chi connectivity index (χ3n) is 4.03. The van der Waals surface area contributed by atoms with Crippen molar-refractivity contribution < 1.29 is 4.79 Å². The Hall–Kier alpha value is -2.42. The average molecular weight is 262 g/mol. The molecule has 4 rings (SSSR count). The highest BCUT2D eigenvalue weighted by Crippen LogP contribution is 2.36. The van der Waals surface area contributed by atoms with Gasteiger partial charge in [0.15, 0.2) is 0 Å². The Kier molecular flexibility index (Phi) is 2.30. The normalized spacial score (nSPS) is 13.1. The van der Waals surface area contributed by atoms with Gasteiger partial charge in [-0.1, -0.05) is 36.4 Å². The molecule has 0 saturated carbocycles. The second kappa shape index (κ2) is 4.04. The van der Waals surface area contributed by atoms with E-state index in [0.29, 0.717) is 0 Å². The first-order valence-corrected chi connectivity index (χ1v) is 6.85. The summed E-state index contributed by atoms with van der Waals surface area (Å²) >= 11 is 0. The summed E-state index contributed by atoms with van der Waals surface area (Å²) in [6, 6.07) is 14.5. The highest BCUT2D eigenvalue weighted by Gasteiger charge is 2.21. The fourth-order valence-corrected chi connectivity index (χ4v) is 3.12. The molecule has 0 radical (unpaired) electrons. The molecule has 3 heteroatoms. The quantitative estimate of drug-likeness (QED) is 0.622. The number of aryl methyl sites for hydroxylation is 2. The van der Waals surface area contributed by atoms with Gasteiger partial charge in [-0.05, 0) is 30.0 Å². The van der Waals surface area contributed by atoms with Crippen molar-refractivity contribution in [3.05, 3.63) is 53.6 Å². The van der Waals surface area contributed by atoms with Crippen molar-refractivity contribution in [3.63, 3.8) is 0 Å². The molecule has 0 unspecified atom stereocenters. The number of nitrogens with zero attached hydrogens (tertiary/aromatic N) is 2. The van der Waals surface area contributed by atoms with Gasteiger partial charge in [0, 0.05) is 17.9 Å². The summed E-state index contributed by atoms with van der Waals surface area (Å²) in [4.78, 5) is 11.8. The minimum absolute atomic E-state index is 0.0449. The first-order valence-electron chi connectivity index (χ1n) is 6.85. The molecule has 0 bridgehead atoms. The molecule has 1 heterocycles. The summed E-state index contributed by atoms with van der Waals surface area (Å²) in [5.41, 5.74) is 5.60. The van der Waals surface area contributed by atoms with Crippen LogP contribution in [0.2, 0.25) is 0 Å². The fraction of sp³-hybridized carbons (Fsp3) is 0.176. The third kappa shape index (κ3) is 1.46. The van der Waals surface area contributed by atoms with Gasteiger partial charge in [0.1, 0.15) is 5.69 Å². The SMILES string of the molecule is CC(=O)n1nc2c3c(cccc31)CCc1ccccc1-2. The van der Waals surface area contributed by atoms with Crippen LogP contribution in [0, 0.1) is 0 Å². The maximum Gasteiger partial charge on any atom is 0.244 e. The van der Waals surface area contributed by atoms with E-state index in [-0.39, 0.29) is 5.91 Å². The predicted molar refractivity (Wildman–Crippen MR) is 78.9 cm³/mol. The largest absolute Gasteiger partial charge is 0.273 e. The summed E-state index contributed by atoms with van der Waals surface area (Å²) in [5.74, 6) is -0.0449. The van der Waals surface area contributed by atoms with Gasteiger partial charge in [0.2, 0.25) is 5.91 Å². The van der Waals surface area contributed by atoms with E-state index in [9.17, 15) is 4.79 Å². The van der Waals surface area contributed by atoms with Crippen LogP contribution in [0.4, 0.5) is 0 Å². The predicted octanol–water partition coefficient (Wildman–Crippen LogP) is 3.46. The molecule has 2 aromatic carbocycles. The topological polar surface area (TPSA) is 34.9 Å². The Balaban J connectivity index is 2.16. The van der Waals surface area contributed by atoms with E-state index in [1.54, 1.807) is 6.92 Å². The van der Waals surface area contributed by atoms with Crippen molar-refractivity contribution in [1.29, 1.82) is 0 Å². The molecular formula is C17H14N2O. The zero-order valence-corrected chi connectivity index (χ0v) is 11.3. The van der Waals surface area contributed by atoms with Gasteiger partial charge in [-0.2, -0.15) is 9.78 Å². The second-order valence-corrected chi connectivity index (χ2v) is 5.25. The minimum atomic E-state index is -0.0449. The number of rotatable bonds is 0. The van der Waals surface area contributed by atoms with Crippen LogP contribution in [0.5, 0.6) is 0 Å². The van der Waals surface area contributed by atoms with Gasteiger partial charge < -0.3 is 0 Å². The van der Waals surface area contributed by atoms with Crippen LogP contribution >= 0.6 is 0 Å². The summed E-state index contributed by atoms with van der Waals surface area (Å²) in [6.07, 6.45) is 2.01. The number of benzene rings is 2. The Morgan fingerprint density at radius 1 is 1.05 bits per heavy atom. The summed E-state index contributed by atoms with van der Waals surface area (Å²) in [6.45, 7) is 1.56. The van der Waals surface area contributed by atoms with E-state index in [4.69, 9.17) is 0 Å². The Morgan fingerprint density at radius 3 is 2.65 bits per heavy atom. The van der Waals surface area contributed by atoms with Crippen molar-refractivity contribution >= 4 is 16.8 Å². The maximum atomic E-state index is 11.8. The van der Waals surface area contributed by atoms with Gasteiger partial charge in [0.05, 0.1) is 5.52 Å². The van der Waals surface area contributed by atoms with Crippen LogP contribution in [0.3, 0.4) is 0 Å². The lowest BCUT2D eigenvalue weighted by molar-refractivity contribution is 0.0927. The van der Waals surface area contributed by atoms with E-state index < -0.39 is 0 Å². The van der Waals surface area contributed by atoms with Gasteiger partial charge >= 0.3 is 0 Å².